The van der Waals surface area contributed by atoms with Gasteiger partial charge in [0.05, 0.1) is 5.75 Å². The van der Waals surface area contributed by atoms with Gasteiger partial charge in [-0.15, -0.1) is 12.4 Å². The van der Waals surface area contributed by atoms with E-state index in [4.69, 9.17) is 5.73 Å². The van der Waals surface area contributed by atoms with Crippen molar-refractivity contribution in [3.8, 4) is 0 Å². The van der Waals surface area contributed by atoms with E-state index in [0.717, 1.165) is 6.42 Å². The van der Waals surface area contributed by atoms with E-state index < -0.39 is 9.84 Å². The van der Waals surface area contributed by atoms with Crippen molar-refractivity contribution in [2.75, 3.05) is 11.5 Å². The Bertz CT molecular complexity index is 214. The minimum Gasteiger partial charge on any atom is -0.327 e. The first kappa shape index (κ1) is 15.7. The van der Waals surface area contributed by atoms with Crippen LogP contribution in [0.25, 0.3) is 0 Å². The Labute approximate surface area is 87.4 Å². The van der Waals surface area contributed by atoms with E-state index in [1.807, 2.05) is 13.8 Å². The Morgan fingerprint density at radius 1 is 1.31 bits per heavy atom. The van der Waals surface area contributed by atoms with Crippen LogP contribution < -0.4 is 5.73 Å². The molecule has 13 heavy (non-hydrogen) atoms. The molecular weight excluding hydrogens is 210 g/mol. The summed E-state index contributed by atoms with van der Waals surface area (Å²) in [6, 6.07) is -0.199. The van der Waals surface area contributed by atoms with E-state index in [2.05, 4.69) is 0 Å². The number of halogens is 1. The highest BCUT2D eigenvalue weighted by Crippen LogP contribution is 2.05. The van der Waals surface area contributed by atoms with Crippen LogP contribution in [0.5, 0.6) is 0 Å². The lowest BCUT2D eigenvalue weighted by molar-refractivity contribution is 0.513. The molecule has 0 radical (unpaired) electrons. The second-order valence-corrected chi connectivity index (χ2v) is 5.99. The Balaban J connectivity index is 0. The maximum absolute atomic E-state index is 11.1. The van der Waals surface area contributed by atoms with E-state index in [1.54, 1.807) is 6.92 Å². The fourth-order valence-electron chi connectivity index (χ4n) is 1.12. The van der Waals surface area contributed by atoms with Gasteiger partial charge >= 0.3 is 0 Å². The van der Waals surface area contributed by atoms with E-state index in [0.29, 0.717) is 5.92 Å². The van der Waals surface area contributed by atoms with Gasteiger partial charge in [0.2, 0.25) is 0 Å². The molecule has 0 amide bonds. The van der Waals surface area contributed by atoms with Crippen LogP contribution in [0.15, 0.2) is 0 Å². The van der Waals surface area contributed by atoms with Gasteiger partial charge in [0.1, 0.15) is 0 Å². The van der Waals surface area contributed by atoms with Gasteiger partial charge in [0.25, 0.3) is 0 Å². The van der Waals surface area contributed by atoms with Crippen molar-refractivity contribution < 1.29 is 8.42 Å². The predicted molar refractivity (Wildman–Crippen MR) is 59.0 cm³/mol. The lowest BCUT2D eigenvalue weighted by atomic mass is 10.1. The quantitative estimate of drug-likeness (QED) is 0.771. The highest BCUT2D eigenvalue weighted by molar-refractivity contribution is 7.91. The van der Waals surface area contributed by atoms with Crippen molar-refractivity contribution >= 4 is 22.2 Å². The molecule has 0 aromatic heterocycles. The minimum absolute atomic E-state index is 0. The maximum Gasteiger partial charge on any atom is 0.151 e. The first-order chi connectivity index (χ1) is 5.37. The molecule has 0 heterocycles. The molecule has 0 saturated carbocycles. The normalized spacial score (nSPS) is 13.9. The van der Waals surface area contributed by atoms with Crippen molar-refractivity contribution in [2.24, 2.45) is 11.7 Å². The molecule has 0 fully saturated rings. The highest BCUT2D eigenvalue weighted by Gasteiger charge is 2.14. The van der Waals surface area contributed by atoms with Crippen molar-refractivity contribution in [2.45, 2.75) is 33.2 Å². The van der Waals surface area contributed by atoms with Crippen LogP contribution >= 0.6 is 12.4 Å². The van der Waals surface area contributed by atoms with E-state index in [-0.39, 0.29) is 30.0 Å². The third kappa shape index (κ3) is 8.53. The highest BCUT2D eigenvalue weighted by atomic mass is 35.5. The van der Waals surface area contributed by atoms with Crippen LogP contribution in [0.2, 0.25) is 0 Å². The molecule has 82 valence electrons. The number of hydrogen-bond donors (Lipinski definition) is 1. The minimum atomic E-state index is -2.89. The Hall–Kier alpha value is 0.200. The predicted octanol–water partition coefficient (Wildman–Crippen LogP) is 1.22. The van der Waals surface area contributed by atoms with Crippen LogP contribution in [0.1, 0.15) is 27.2 Å². The van der Waals surface area contributed by atoms with Crippen molar-refractivity contribution in [3.05, 3.63) is 0 Å². The van der Waals surface area contributed by atoms with Gasteiger partial charge in [0, 0.05) is 11.8 Å². The summed E-state index contributed by atoms with van der Waals surface area (Å²) in [5, 5.41) is 0. The van der Waals surface area contributed by atoms with Gasteiger partial charge in [-0.1, -0.05) is 20.8 Å². The summed E-state index contributed by atoms with van der Waals surface area (Å²) in [4.78, 5) is 0. The number of nitrogens with two attached hydrogens (primary N) is 1. The average Bonchev–Trinajstić information content (AvgIpc) is 1.84. The smallest absolute Gasteiger partial charge is 0.151 e. The number of hydrogen-bond acceptors (Lipinski definition) is 3. The van der Waals surface area contributed by atoms with Gasteiger partial charge in [-0.05, 0) is 12.3 Å². The van der Waals surface area contributed by atoms with Crippen molar-refractivity contribution in [1.82, 2.24) is 0 Å². The zero-order valence-corrected chi connectivity index (χ0v) is 10.1. The molecule has 0 bridgehead atoms. The molecule has 0 aliphatic rings. The lowest BCUT2D eigenvalue weighted by Gasteiger charge is -2.13. The standard InChI is InChI=1S/C8H19NO2S.ClH/c1-4-12(10,11)6-8(9)5-7(2)3;/h7-8H,4-6,9H2,1-3H3;1H/t8-;/m0./s1. The van der Waals surface area contributed by atoms with Crippen LogP contribution in [0.4, 0.5) is 0 Å². The molecule has 3 nitrogen and oxygen atoms in total. The average molecular weight is 230 g/mol. The molecule has 0 aliphatic carbocycles. The summed E-state index contributed by atoms with van der Waals surface area (Å²) in [5.74, 6) is 0.785. The van der Waals surface area contributed by atoms with Gasteiger partial charge in [-0.2, -0.15) is 0 Å². The molecule has 0 unspecified atom stereocenters. The van der Waals surface area contributed by atoms with Crippen LogP contribution in [-0.2, 0) is 9.84 Å². The fourth-order valence-corrected chi connectivity index (χ4v) is 2.14. The number of rotatable bonds is 5. The molecular formula is C8H20ClNO2S. The third-order valence-electron chi connectivity index (χ3n) is 1.68. The van der Waals surface area contributed by atoms with E-state index in [1.165, 1.54) is 0 Å². The lowest BCUT2D eigenvalue weighted by Crippen LogP contribution is -2.31. The third-order valence-corrected chi connectivity index (χ3v) is 3.50. The topological polar surface area (TPSA) is 60.2 Å². The zero-order valence-electron chi connectivity index (χ0n) is 8.49. The largest absolute Gasteiger partial charge is 0.327 e. The molecule has 5 heteroatoms. The van der Waals surface area contributed by atoms with Gasteiger partial charge in [-0.25, -0.2) is 8.42 Å². The first-order valence-electron chi connectivity index (χ1n) is 4.33. The Morgan fingerprint density at radius 2 is 1.77 bits per heavy atom. The molecule has 0 aromatic carbocycles. The zero-order chi connectivity index (χ0) is 9.78. The fraction of sp³-hybridized carbons (Fsp3) is 1.00. The van der Waals surface area contributed by atoms with Crippen molar-refractivity contribution in [3.63, 3.8) is 0 Å². The van der Waals surface area contributed by atoms with Gasteiger partial charge in [-0.3, -0.25) is 0 Å². The Kier molecular flexibility index (Phi) is 7.98. The van der Waals surface area contributed by atoms with Crippen LogP contribution in [-0.4, -0.2) is 26.0 Å². The number of sulfone groups is 1. The summed E-state index contributed by atoms with van der Waals surface area (Å²) in [6.45, 7) is 5.73. The SMILES string of the molecule is CCS(=O)(=O)C[C@@H](N)CC(C)C.Cl. The summed E-state index contributed by atoms with van der Waals surface area (Å²) < 4.78 is 22.2. The van der Waals surface area contributed by atoms with E-state index >= 15 is 0 Å². The van der Waals surface area contributed by atoms with Gasteiger partial charge < -0.3 is 5.73 Å². The molecule has 0 rings (SSSR count). The molecule has 0 aromatic rings. The summed E-state index contributed by atoms with van der Waals surface area (Å²) >= 11 is 0. The van der Waals surface area contributed by atoms with Crippen LogP contribution in [0.3, 0.4) is 0 Å². The maximum atomic E-state index is 11.1. The molecule has 0 spiro atoms. The summed E-state index contributed by atoms with van der Waals surface area (Å²) in [6.07, 6.45) is 0.777. The second-order valence-electron chi connectivity index (χ2n) is 3.59. The molecule has 1 atom stereocenters. The summed E-state index contributed by atoms with van der Waals surface area (Å²) in [5.41, 5.74) is 5.66. The van der Waals surface area contributed by atoms with Crippen molar-refractivity contribution in [1.29, 1.82) is 0 Å². The van der Waals surface area contributed by atoms with Gasteiger partial charge in [0.15, 0.2) is 9.84 Å². The monoisotopic (exact) mass is 229 g/mol. The summed E-state index contributed by atoms with van der Waals surface area (Å²) in [7, 11) is -2.89. The molecule has 0 aliphatic heterocycles. The first-order valence-corrected chi connectivity index (χ1v) is 6.15. The van der Waals surface area contributed by atoms with Crippen LogP contribution in [0, 0.1) is 5.92 Å². The Morgan fingerprint density at radius 3 is 2.08 bits per heavy atom. The molecule has 0 saturated heterocycles. The second kappa shape index (κ2) is 6.62. The molecule has 2 N–H and O–H groups in total. The van der Waals surface area contributed by atoms with E-state index in [9.17, 15) is 8.42 Å².